The molecular weight excluding hydrogens is 276 g/mol. The van der Waals surface area contributed by atoms with E-state index in [0.29, 0.717) is 24.6 Å². The summed E-state index contributed by atoms with van der Waals surface area (Å²) in [6, 6.07) is -1.90. The van der Waals surface area contributed by atoms with Gasteiger partial charge in [0.1, 0.15) is 6.04 Å². The zero-order chi connectivity index (χ0) is 14.4. The van der Waals surface area contributed by atoms with Gasteiger partial charge in [0.05, 0.1) is 13.5 Å². The Labute approximate surface area is 112 Å². The highest BCUT2D eigenvalue weighted by Crippen LogP contribution is 2.02. The van der Waals surface area contributed by atoms with Crippen molar-refractivity contribution >= 4 is 28.8 Å². The van der Waals surface area contributed by atoms with Crippen molar-refractivity contribution in [3.05, 3.63) is 0 Å². The molecule has 8 nitrogen and oxygen atoms in total. The van der Waals surface area contributed by atoms with E-state index in [4.69, 9.17) is 5.11 Å². The minimum absolute atomic E-state index is 0.309. The Morgan fingerprint density at radius 1 is 1.37 bits per heavy atom. The molecule has 1 heterocycles. The van der Waals surface area contributed by atoms with Gasteiger partial charge in [0.2, 0.25) is 0 Å². The van der Waals surface area contributed by atoms with Crippen LogP contribution in [-0.2, 0) is 25.1 Å². The highest BCUT2D eigenvalue weighted by Gasteiger charge is 2.27. The number of carboxylic acids is 1. The molecule has 19 heavy (non-hydrogen) atoms. The molecule has 2 N–H and O–H groups in total. The highest BCUT2D eigenvalue weighted by molar-refractivity contribution is 7.85. The highest BCUT2D eigenvalue weighted by atomic mass is 32.2. The van der Waals surface area contributed by atoms with Gasteiger partial charge in [0.25, 0.3) is 0 Å². The first-order valence-electron chi connectivity index (χ1n) is 5.64. The standard InChI is InChI=1S/C10H16N2O6S/c1-18-8(13)6-7(9(14)15)11-10(16)12-2-4-19(17)5-3-12/h7H,2-6H2,1H3,(H,11,16)(H,14,15)/t7-/m0/s1. The Balaban J connectivity index is 2.53. The summed E-state index contributed by atoms with van der Waals surface area (Å²) in [7, 11) is 0.220. The van der Waals surface area contributed by atoms with Gasteiger partial charge in [-0.3, -0.25) is 9.00 Å². The first-order valence-corrected chi connectivity index (χ1v) is 7.13. The van der Waals surface area contributed by atoms with E-state index in [1.807, 2.05) is 0 Å². The number of carboxylic acid groups (broad SMARTS) is 1. The number of carbonyl (C=O) groups is 3. The van der Waals surface area contributed by atoms with Gasteiger partial charge in [0, 0.05) is 35.4 Å². The van der Waals surface area contributed by atoms with Gasteiger partial charge in [-0.1, -0.05) is 0 Å². The summed E-state index contributed by atoms with van der Waals surface area (Å²) in [4.78, 5) is 35.1. The number of carbonyl (C=O) groups excluding carboxylic acids is 2. The lowest BCUT2D eigenvalue weighted by atomic mass is 10.2. The molecule has 0 aromatic heterocycles. The zero-order valence-electron chi connectivity index (χ0n) is 10.5. The first-order chi connectivity index (χ1) is 8.93. The number of hydrogen-bond acceptors (Lipinski definition) is 5. The largest absolute Gasteiger partial charge is 0.480 e. The lowest BCUT2D eigenvalue weighted by Gasteiger charge is -2.27. The number of amides is 2. The molecule has 1 saturated heterocycles. The lowest BCUT2D eigenvalue weighted by Crippen LogP contribution is -2.52. The molecule has 108 valence electrons. The topological polar surface area (TPSA) is 113 Å². The van der Waals surface area contributed by atoms with Crippen molar-refractivity contribution in [2.24, 2.45) is 0 Å². The quantitative estimate of drug-likeness (QED) is 0.628. The monoisotopic (exact) mass is 292 g/mol. The first kappa shape index (κ1) is 15.4. The molecule has 0 saturated carbocycles. The van der Waals surface area contributed by atoms with Crippen LogP contribution in [0.5, 0.6) is 0 Å². The third-order valence-electron chi connectivity index (χ3n) is 2.66. The van der Waals surface area contributed by atoms with Crippen molar-refractivity contribution < 1.29 is 28.4 Å². The summed E-state index contributed by atoms with van der Waals surface area (Å²) in [6.45, 7) is 0.617. The van der Waals surface area contributed by atoms with Crippen LogP contribution < -0.4 is 5.32 Å². The Hall–Kier alpha value is -1.64. The van der Waals surface area contributed by atoms with Crippen molar-refractivity contribution in [3.63, 3.8) is 0 Å². The maximum absolute atomic E-state index is 11.8. The van der Waals surface area contributed by atoms with E-state index in [9.17, 15) is 18.6 Å². The van der Waals surface area contributed by atoms with E-state index in [1.165, 1.54) is 4.90 Å². The van der Waals surface area contributed by atoms with E-state index in [2.05, 4.69) is 10.1 Å². The molecule has 0 aromatic carbocycles. The fourth-order valence-electron chi connectivity index (χ4n) is 1.53. The van der Waals surface area contributed by atoms with E-state index in [-0.39, 0.29) is 0 Å². The predicted molar refractivity (Wildman–Crippen MR) is 66.0 cm³/mol. The van der Waals surface area contributed by atoms with Gasteiger partial charge in [-0.2, -0.15) is 0 Å². The number of ether oxygens (including phenoxy) is 1. The van der Waals surface area contributed by atoms with Gasteiger partial charge in [-0.05, 0) is 0 Å². The van der Waals surface area contributed by atoms with Crippen molar-refractivity contribution in [2.45, 2.75) is 12.5 Å². The number of rotatable bonds is 4. The molecule has 1 atom stereocenters. The molecule has 0 spiro atoms. The Morgan fingerprint density at radius 3 is 2.42 bits per heavy atom. The molecule has 9 heteroatoms. The Kier molecular flexibility index (Phi) is 5.74. The van der Waals surface area contributed by atoms with Crippen LogP contribution in [0, 0.1) is 0 Å². The molecule has 0 aromatic rings. The molecule has 0 radical (unpaired) electrons. The minimum atomic E-state index is -1.33. The molecule has 1 aliphatic rings. The number of urea groups is 1. The van der Waals surface area contributed by atoms with Crippen molar-refractivity contribution in [1.29, 1.82) is 0 Å². The summed E-state index contributed by atoms with van der Waals surface area (Å²) >= 11 is 0. The molecule has 2 amide bonds. The lowest BCUT2D eigenvalue weighted by molar-refractivity contribution is -0.147. The average molecular weight is 292 g/mol. The Morgan fingerprint density at radius 2 is 1.95 bits per heavy atom. The predicted octanol–water partition coefficient (Wildman–Crippen LogP) is -1.22. The van der Waals surface area contributed by atoms with E-state index in [0.717, 1.165) is 7.11 Å². The normalized spacial score (nSPS) is 17.6. The van der Waals surface area contributed by atoms with Crippen LogP contribution in [0.25, 0.3) is 0 Å². The maximum atomic E-state index is 11.8. The zero-order valence-corrected chi connectivity index (χ0v) is 11.3. The van der Waals surface area contributed by atoms with Gasteiger partial charge >= 0.3 is 18.0 Å². The number of esters is 1. The van der Waals surface area contributed by atoms with Crippen LogP contribution in [0.15, 0.2) is 0 Å². The van der Waals surface area contributed by atoms with Gasteiger partial charge in [-0.25, -0.2) is 9.59 Å². The number of nitrogens with one attached hydrogen (secondary N) is 1. The van der Waals surface area contributed by atoms with E-state index < -0.39 is 41.2 Å². The van der Waals surface area contributed by atoms with Crippen LogP contribution >= 0.6 is 0 Å². The van der Waals surface area contributed by atoms with Crippen LogP contribution in [0.2, 0.25) is 0 Å². The smallest absolute Gasteiger partial charge is 0.326 e. The summed E-state index contributed by atoms with van der Waals surface area (Å²) < 4.78 is 15.5. The maximum Gasteiger partial charge on any atom is 0.326 e. The van der Waals surface area contributed by atoms with Gasteiger partial charge in [0.15, 0.2) is 0 Å². The fourth-order valence-corrected chi connectivity index (χ4v) is 2.58. The fraction of sp³-hybridized carbons (Fsp3) is 0.700. The van der Waals surface area contributed by atoms with Gasteiger partial charge < -0.3 is 20.1 Å². The minimum Gasteiger partial charge on any atom is -0.480 e. The molecular formula is C10H16N2O6S. The summed E-state index contributed by atoms with van der Waals surface area (Å²) in [5.74, 6) is -1.27. The third-order valence-corrected chi connectivity index (χ3v) is 3.94. The number of aliphatic carboxylic acids is 1. The van der Waals surface area contributed by atoms with Crippen molar-refractivity contribution in [2.75, 3.05) is 31.7 Å². The Bertz CT molecular complexity index is 389. The van der Waals surface area contributed by atoms with Gasteiger partial charge in [-0.15, -0.1) is 0 Å². The molecule has 1 aliphatic heterocycles. The van der Waals surface area contributed by atoms with E-state index >= 15 is 0 Å². The molecule has 1 fully saturated rings. The third kappa shape index (κ3) is 4.86. The summed E-state index contributed by atoms with van der Waals surface area (Å²) in [6.07, 6.45) is -0.433. The van der Waals surface area contributed by atoms with Crippen LogP contribution in [-0.4, -0.2) is 69.9 Å². The van der Waals surface area contributed by atoms with E-state index in [1.54, 1.807) is 0 Å². The number of nitrogens with zero attached hydrogens (tertiary/aromatic N) is 1. The average Bonchev–Trinajstić information content (AvgIpc) is 2.38. The molecule has 0 unspecified atom stereocenters. The van der Waals surface area contributed by atoms with Crippen molar-refractivity contribution in [1.82, 2.24) is 10.2 Å². The second kappa shape index (κ2) is 7.07. The SMILES string of the molecule is COC(=O)C[C@H](NC(=O)N1CCS(=O)CC1)C(=O)O. The summed E-state index contributed by atoms with van der Waals surface area (Å²) in [5.41, 5.74) is 0. The van der Waals surface area contributed by atoms with Crippen molar-refractivity contribution in [3.8, 4) is 0 Å². The second-order valence-corrected chi connectivity index (χ2v) is 5.65. The number of hydrogen-bond donors (Lipinski definition) is 2. The number of methoxy groups -OCH3 is 1. The second-order valence-electron chi connectivity index (χ2n) is 3.96. The van der Waals surface area contributed by atoms with Crippen LogP contribution in [0.3, 0.4) is 0 Å². The molecule has 0 bridgehead atoms. The van der Waals surface area contributed by atoms with Crippen LogP contribution in [0.1, 0.15) is 6.42 Å². The molecule has 1 rings (SSSR count). The summed E-state index contributed by atoms with van der Waals surface area (Å²) in [5, 5.41) is 11.2. The van der Waals surface area contributed by atoms with Crippen LogP contribution in [0.4, 0.5) is 4.79 Å². The molecule has 0 aliphatic carbocycles.